The van der Waals surface area contributed by atoms with Gasteiger partial charge in [0.25, 0.3) is 0 Å². The third-order valence-corrected chi connectivity index (χ3v) is 11.5. The minimum absolute atomic E-state index is 0.332. The predicted octanol–water partition coefficient (Wildman–Crippen LogP) is 1.48. The van der Waals surface area contributed by atoms with Crippen molar-refractivity contribution in [2.24, 2.45) is 22.9 Å². The minimum Gasteiger partial charge on any atom is -0.379 e. The van der Waals surface area contributed by atoms with Gasteiger partial charge in [-0.25, -0.2) is 0 Å². The lowest BCUT2D eigenvalue weighted by molar-refractivity contribution is -0.324. The highest BCUT2D eigenvalue weighted by molar-refractivity contribution is 7.99. The number of rotatable bonds is 39. The molecule has 0 saturated carbocycles. The lowest BCUT2D eigenvalue weighted by atomic mass is 9.98. The first-order valence-electron chi connectivity index (χ1n) is 18.3. The molecule has 0 bridgehead atoms. The van der Waals surface area contributed by atoms with Gasteiger partial charge in [0, 0.05) is 82.2 Å². The van der Waals surface area contributed by atoms with Crippen LogP contribution in [0.25, 0.3) is 0 Å². The summed E-state index contributed by atoms with van der Waals surface area (Å²) in [5, 5.41) is 3.21. The standard InChI is InChI=1S/C33H71N5O8S4/c1-38-10-27-50-23-4-13-43-31-30(42-12-3-21-48-25-8-36)29(28-41-11-2-20-47-24-7-35)46-33(32(31)44-14-5-22-49-26-9-37)45-19-18-40-17-16-39-15-6-34/h29-33,38H,2-28,34-37H2,1H3/t29-,30-,31+,32-,33-/m1/s1. The quantitative estimate of drug-likeness (QED) is 0.0563. The van der Waals surface area contributed by atoms with E-state index in [0.717, 1.165) is 78.3 Å². The van der Waals surface area contributed by atoms with E-state index in [0.29, 0.717) is 92.2 Å². The summed E-state index contributed by atoms with van der Waals surface area (Å²) < 4.78 is 50.3. The molecule has 0 aromatic carbocycles. The van der Waals surface area contributed by atoms with Crippen LogP contribution in [0.3, 0.4) is 0 Å². The van der Waals surface area contributed by atoms with E-state index in [1.165, 1.54) is 0 Å². The van der Waals surface area contributed by atoms with Crippen LogP contribution in [0, 0.1) is 0 Å². The Morgan fingerprint density at radius 3 is 1.54 bits per heavy atom. The van der Waals surface area contributed by atoms with Gasteiger partial charge < -0.3 is 66.1 Å². The van der Waals surface area contributed by atoms with Crippen LogP contribution in [0.4, 0.5) is 0 Å². The van der Waals surface area contributed by atoms with Gasteiger partial charge in [-0.3, -0.25) is 0 Å². The average Bonchev–Trinajstić information content (AvgIpc) is 3.12. The van der Waals surface area contributed by atoms with Gasteiger partial charge in [-0.1, -0.05) is 0 Å². The molecule has 0 radical (unpaired) electrons. The highest BCUT2D eigenvalue weighted by Gasteiger charge is 2.48. The molecule has 0 aromatic heterocycles. The van der Waals surface area contributed by atoms with E-state index in [1.807, 2.05) is 54.1 Å². The van der Waals surface area contributed by atoms with E-state index in [9.17, 15) is 0 Å². The maximum atomic E-state index is 6.71. The number of nitrogens with one attached hydrogen (secondary N) is 1. The number of ether oxygens (including phenoxy) is 8. The molecule has 1 fully saturated rings. The summed E-state index contributed by atoms with van der Waals surface area (Å²) in [6.45, 7) is 8.40. The van der Waals surface area contributed by atoms with Gasteiger partial charge >= 0.3 is 0 Å². The zero-order chi connectivity index (χ0) is 36.2. The molecule has 1 heterocycles. The van der Waals surface area contributed by atoms with Gasteiger partial charge in [0.1, 0.15) is 24.4 Å². The second-order valence-corrected chi connectivity index (χ2v) is 16.2. The largest absolute Gasteiger partial charge is 0.379 e. The van der Waals surface area contributed by atoms with Gasteiger partial charge in [-0.05, 0) is 55.7 Å². The molecule has 1 aliphatic heterocycles. The van der Waals surface area contributed by atoms with Gasteiger partial charge in [0.2, 0.25) is 0 Å². The second-order valence-electron chi connectivity index (χ2n) is 11.3. The molecular weight excluding hydrogens is 723 g/mol. The highest BCUT2D eigenvalue weighted by Crippen LogP contribution is 2.30. The van der Waals surface area contributed by atoms with Gasteiger partial charge in [0.05, 0.1) is 39.6 Å². The minimum atomic E-state index is -0.674. The summed E-state index contributed by atoms with van der Waals surface area (Å²) in [6, 6.07) is 0. The van der Waals surface area contributed by atoms with E-state index in [4.69, 9.17) is 60.8 Å². The van der Waals surface area contributed by atoms with Crippen molar-refractivity contribution in [3.8, 4) is 0 Å². The Kier molecular flexibility index (Phi) is 37.3. The van der Waals surface area contributed by atoms with E-state index < -0.39 is 24.6 Å². The van der Waals surface area contributed by atoms with Gasteiger partial charge in [-0.15, -0.1) is 0 Å². The summed E-state index contributed by atoms with van der Waals surface area (Å²) in [5.41, 5.74) is 22.5. The van der Waals surface area contributed by atoms with Gasteiger partial charge in [0.15, 0.2) is 6.29 Å². The molecule has 13 nitrogen and oxygen atoms in total. The topological polar surface area (TPSA) is 190 Å². The van der Waals surface area contributed by atoms with Crippen LogP contribution in [0.15, 0.2) is 0 Å². The Morgan fingerprint density at radius 1 is 0.480 bits per heavy atom. The first-order chi connectivity index (χ1) is 24.7. The molecule has 0 spiro atoms. The lowest BCUT2D eigenvalue weighted by Crippen LogP contribution is -2.62. The smallest absolute Gasteiger partial charge is 0.187 e. The van der Waals surface area contributed by atoms with Crippen molar-refractivity contribution >= 4 is 47.0 Å². The predicted molar refractivity (Wildman–Crippen MR) is 214 cm³/mol. The zero-order valence-electron chi connectivity index (χ0n) is 30.7. The fourth-order valence-electron chi connectivity index (χ4n) is 4.78. The average molecular weight is 794 g/mol. The fraction of sp³-hybridized carbons (Fsp3) is 1.00. The molecule has 300 valence electrons. The maximum absolute atomic E-state index is 6.71. The molecule has 50 heavy (non-hydrogen) atoms. The third-order valence-electron chi connectivity index (χ3n) is 7.11. The number of nitrogens with two attached hydrogens (primary N) is 4. The fourth-order valence-corrected chi connectivity index (χ4v) is 7.73. The van der Waals surface area contributed by atoms with Crippen molar-refractivity contribution in [3.63, 3.8) is 0 Å². The number of hydrogen-bond donors (Lipinski definition) is 5. The first-order valence-corrected chi connectivity index (χ1v) is 23.0. The summed E-state index contributed by atoms with van der Waals surface area (Å²) in [5.74, 6) is 7.85. The van der Waals surface area contributed by atoms with Crippen molar-refractivity contribution in [1.29, 1.82) is 0 Å². The van der Waals surface area contributed by atoms with Crippen molar-refractivity contribution in [2.75, 3.05) is 152 Å². The Balaban J connectivity index is 3.07. The molecule has 1 saturated heterocycles. The molecule has 0 aliphatic carbocycles. The summed E-state index contributed by atoms with van der Waals surface area (Å²) in [6.07, 6.45) is 1.30. The van der Waals surface area contributed by atoms with Crippen molar-refractivity contribution in [1.82, 2.24) is 5.32 Å². The number of thioether (sulfide) groups is 4. The maximum Gasteiger partial charge on any atom is 0.187 e. The van der Waals surface area contributed by atoms with Crippen molar-refractivity contribution in [2.45, 2.75) is 56.4 Å². The Bertz CT molecular complexity index is 708. The van der Waals surface area contributed by atoms with E-state index in [-0.39, 0.29) is 6.10 Å². The van der Waals surface area contributed by atoms with Crippen molar-refractivity contribution in [3.05, 3.63) is 0 Å². The molecule has 9 N–H and O–H groups in total. The number of hydrogen-bond acceptors (Lipinski definition) is 17. The third kappa shape index (κ3) is 26.6. The van der Waals surface area contributed by atoms with Crippen LogP contribution in [-0.2, 0) is 37.9 Å². The van der Waals surface area contributed by atoms with E-state index in [2.05, 4.69) is 5.32 Å². The molecular formula is C33H71N5O8S4. The summed E-state index contributed by atoms with van der Waals surface area (Å²) in [4.78, 5) is 0. The normalized spacial score (nSPS) is 20.9. The summed E-state index contributed by atoms with van der Waals surface area (Å²) >= 11 is 7.44. The lowest BCUT2D eigenvalue weighted by Gasteiger charge is -2.46. The molecule has 1 rings (SSSR count). The van der Waals surface area contributed by atoms with Crippen LogP contribution < -0.4 is 28.3 Å². The zero-order valence-corrected chi connectivity index (χ0v) is 34.0. The first kappa shape index (κ1) is 48.9. The monoisotopic (exact) mass is 793 g/mol. The Labute approximate surface area is 320 Å². The molecule has 0 amide bonds. The molecule has 1 aliphatic rings. The van der Waals surface area contributed by atoms with Crippen LogP contribution in [0.2, 0.25) is 0 Å². The summed E-state index contributed by atoms with van der Waals surface area (Å²) in [7, 11) is 1.98. The Morgan fingerprint density at radius 2 is 0.980 bits per heavy atom. The van der Waals surface area contributed by atoms with Crippen LogP contribution in [0.5, 0.6) is 0 Å². The van der Waals surface area contributed by atoms with E-state index >= 15 is 0 Å². The van der Waals surface area contributed by atoms with Crippen LogP contribution >= 0.6 is 47.0 Å². The second kappa shape index (κ2) is 38.2. The molecule has 0 aromatic rings. The Hall–Kier alpha value is 0.880. The van der Waals surface area contributed by atoms with Crippen molar-refractivity contribution < 1.29 is 37.9 Å². The molecule has 5 atom stereocenters. The van der Waals surface area contributed by atoms with Gasteiger partial charge in [-0.2, -0.15) is 47.0 Å². The molecule has 0 unspecified atom stereocenters. The van der Waals surface area contributed by atoms with Crippen LogP contribution in [-0.4, -0.2) is 183 Å². The molecule has 17 heteroatoms. The SMILES string of the molecule is CNCCSCCCO[C@@H]1[C@@H](OCCCSCCN)[C@H](OCCOCCOCCN)O[C@H](COCCCSCCN)[C@H]1OCCCSCCN. The highest BCUT2D eigenvalue weighted by atomic mass is 32.2. The van der Waals surface area contributed by atoms with Crippen LogP contribution in [0.1, 0.15) is 25.7 Å². The van der Waals surface area contributed by atoms with E-state index in [1.54, 1.807) is 0 Å².